The zero-order valence-corrected chi connectivity index (χ0v) is 13.2. The van der Waals surface area contributed by atoms with E-state index in [1.54, 1.807) is 0 Å². The minimum atomic E-state index is 0. The highest BCUT2D eigenvalue weighted by molar-refractivity contribution is 5.92. The molecule has 4 aromatic rings. The van der Waals surface area contributed by atoms with E-state index >= 15 is 0 Å². The molecule has 3 heteroatoms. The van der Waals surface area contributed by atoms with Gasteiger partial charge in [0.25, 0.3) is 0 Å². The van der Waals surface area contributed by atoms with Crippen LogP contribution in [-0.4, -0.2) is 9.97 Å². The fraction of sp³-hybridized carbons (Fsp3) is 0. The predicted molar refractivity (Wildman–Crippen MR) is 99.7 cm³/mol. The number of halogens is 1. The Morgan fingerprint density at radius 3 is 2.39 bits per heavy atom. The zero-order chi connectivity index (χ0) is 14.8. The molecule has 0 spiro atoms. The summed E-state index contributed by atoms with van der Waals surface area (Å²) >= 11 is 0. The minimum Gasteiger partial charge on any atom is -0.263 e. The van der Waals surface area contributed by atoms with Crippen molar-refractivity contribution in [2.75, 3.05) is 0 Å². The second-order valence-corrected chi connectivity index (χ2v) is 5.21. The monoisotopic (exact) mass is 318 g/mol. The van der Waals surface area contributed by atoms with Gasteiger partial charge in [0.15, 0.2) is 0 Å². The van der Waals surface area contributed by atoms with Gasteiger partial charge in [0.05, 0.1) is 11.2 Å². The predicted octanol–water partition coefficient (Wildman–Crippen LogP) is 5.38. The maximum atomic E-state index is 4.66. The largest absolute Gasteiger partial charge is 0.263 e. The summed E-state index contributed by atoms with van der Waals surface area (Å²) in [6.07, 6.45) is 7.89. The van der Waals surface area contributed by atoms with Gasteiger partial charge in [-0.15, -0.1) is 12.4 Å². The molecule has 0 bridgehead atoms. The van der Waals surface area contributed by atoms with E-state index in [9.17, 15) is 0 Å². The Morgan fingerprint density at radius 1 is 0.696 bits per heavy atom. The highest BCUT2D eigenvalue weighted by atomic mass is 35.5. The Bertz CT molecular complexity index is 987. The molecule has 4 rings (SSSR count). The number of aromatic nitrogens is 2. The maximum absolute atomic E-state index is 4.66. The topological polar surface area (TPSA) is 25.8 Å². The van der Waals surface area contributed by atoms with Crippen LogP contribution in [0.2, 0.25) is 0 Å². The standard InChI is InChI=1S/C20H14N2.ClH/c1-3-7-19-16(6-1)13-21-14-17(19)10-12-18-11-9-15-5-2-4-8-20(15)22-18;/h1-14H;1H/b12-10+;. The van der Waals surface area contributed by atoms with Crippen LogP contribution in [0.1, 0.15) is 11.3 Å². The summed E-state index contributed by atoms with van der Waals surface area (Å²) in [6, 6.07) is 20.6. The van der Waals surface area contributed by atoms with Gasteiger partial charge < -0.3 is 0 Å². The molecular formula is C20H15ClN2. The van der Waals surface area contributed by atoms with Gasteiger partial charge in [-0.3, -0.25) is 4.98 Å². The summed E-state index contributed by atoms with van der Waals surface area (Å²) in [6.45, 7) is 0. The molecule has 0 aliphatic heterocycles. The first-order chi connectivity index (χ1) is 10.9. The second kappa shape index (κ2) is 6.59. The van der Waals surface area contributed by atoms with Crippen molar-refractivity contribution in [3.8, 4) is 0 Å². The lowest BCUT2D eigenvalue weighted by Crippen LogP contribution is -1.84. The molecule has 23 heavy (non-hydrogen) atoms. The van der Waals surface area contributed by atoms with Gasteiger partial charge in [0, 0.05) is 28.7 Å². The minimum absolute atomic E-state index is 0. The molecule has 0 unspecified atom stereocenters. The third-order valence-electron chi connectivity index (χ3n) is 3.75. The maximum Gasteiger partial charge on any atom is 0.0709 e. The fourth-order valence-corrected chi connectivity index (χ4v) is 2.62. The second-order valence-electron chi connectivity index (χ2n) is 5.21. The lowest BCUT2D eigenvalue weighted by atomic mass is 10.1. The highest BCUT2D eigenvalue weighted by Crippen LogP contribution is 2.19. The number of hydrogen-bond donors (Lipinski definition) is 0. The number of pyridine rings is 2. The van der Waals surface area contributed by atoms with Gasteiger partial charge in [-0.1, -0.05) is 54.6 Å². The normalized spacial score (nSPS) is 11.0. The molecule has 0 saturated carbocycles. The summed E-state index contributed by atoms with van der Waals surface area (Å²) in [7, 11) is 0. The first kappa shape index (κ1) is 15.2. The van der Waals surface area contributed by atoms with Gasteiger partial charge in [-0.05, 0) is 23.6 Å². The van der Waals surface area contributed by atoms with E-state index in [4.69, 9.17) is 0 Å². The van der Waals surface area contributed by atoms with Crippen molar-refractivity contribution in [2.45, 2.75) is 0 Å². The summed E-state index contributed by atoms with van der Waals surface area (Å²) in [5, 5.41) is 3.51. The Balaban J connectivity index is 0.00000156. The number of nitrogens with zero attached hydrogens (tertiary/aromatic N) is 2. The number of hydrogen-bond acceptors (Lipinski definition) is 2. The molecule has 0 N–H and O–H groups in total. The van der Waals surface area contributed by atoms with E-state index in [0.29, 0.717) is 0 Å². The Hall–Kier alpha value is -2.71. The quantitative estimate of drug-likeness (QED) is 0.496. The van der Waals surface area contributed by atoms with Crippen molar-refractivity contribution >= 4 is 46.2 Å². The molecule has 0 radical (unpaired) electrons. The van der Waals surface area contributed by atoms with E-state index in [-0.39, 0.29) is 12.4 Å². The molecule has 0 atom stereocenters. The smallest absolute Gasteiger partial charge is 0.0709 e. The molecule has 112 valence electrons. The van der Waals surface area contributed by atoms with Crippen molar-refractivity contribution in [3.63, 3.8) is 0 Å². The van der Waals surface area contributed by atoms with Crippen molar-refractivity contribution in [3.05, 3.63) is 84.3 Å². The van der Waals surface area contributed by atoms with Crippen LogP contribution in [0.4, 0.5) is 0 Å². The van der Waals surface area contributed by atoms with Crippen LogP contribution in [0.15, 0.2) is 73.1 Å². The third kappa shape index (κ3) is 3.08. The van der Waals surface area contributed by atoms with E-state index in [2.05, 4.69) is 40.3 Å². The van der Waals surface area contributed by atoms with Gasteiger partial charge in [-0.25, -0.2) is 4.98 Å². The summed E-state index contributed by atoms with van der Waals surface area (Å²) in [5.74, 6) is 0. The third-order valence-corrected chi connectivity index (χ3v) is 3.75. The van der Waals surface area contributed by atoms with Crippen molar-refractivity contribution < 1.29 is 0 Å². The first-order valence-electron chi connectivity index (χ1n) is 7.27. The van der Waals surface area contributed by atoms with Gasteiger partial charge in [-0.2, -0.15) is 0 Å². The Labute approximate surface area is 140 Å². The van der Waals surface area contributed by atoms with E-state index in [1.807, 2.05) is 54.9 Å². The van der Waals surface area contributed by atoms with Crippen LogP contribution in [0.3, 0.4) is 0 Å². The lowest BCUT2D eigenvalue weighted by Gasteiger charge is -2.01. The molecule has 0 aliphatic carbocycles. The zero-order valence-electron chi connectivity index (χ0n) is 12.4. The van der Waals surface area contributed by atoms with Crippen molar-refractivity contribution in [1.82, 2.24) is 9.97 Å². The van der Waals surface area contributed by atoms with Crippen molar-refractivity contribution in [2.24, 2.45) is 0 Å². The van der Waals surface area contributed by atoms with Crippen LogP contribution >= 0.6 is 12.4 Å². The van der Waals surface area contributed by atoms with E-state index in [0.717, 1.165) is 27.5 Å². The van der Waals surface area contributed by atoms with Crippen LogP contribution < -0.4 is 0 Å². The average Bonchev–Trinajstić information content (AvgIpc) is 2.60. The lowest BCUT2D eigenvalue weighted by molar-refractivity contribution is 1.35. The van der Waals surface area contributed by atoms with Crippen molar-refractivity contribution in [1.29, 1.82) is 0 Å². The summed E-state index contributed by atoms with van der Waals surface area (Å²) in [5.41, 5.74) is 3.07. The molecule has 2 aromatic carbocycles. The molecule has 0 amide bonds. The van der Waals surface area contributed by atoms with Crippen LogP contribution in [0.25, 0.3) is 33.8 Å². The molecule has 2 heterocycles. The van der Waals surface area contributed by atoms with Gasteiger partial charge in [0.2, 0.25) is 0 Å². The number of fused-ring (bicyclic) bond motifs is 2. The van der Waals surface area contributed by atoms with Crippen LogP contribution in [0.5, 0.6) is 0 Å². The Morgan fingerprint density at radius 2 is 1.48 bits per heavy atom. The van der Waals surface area contributed by atoms with E-state index < -0.39 is 0 Å². The fourth-order valence-electron chi connectivity index (χ4n) is 2.62. The molecule has 0 aliphatic rings. The van der Waals surface area contributed by atoms with E-state index in [1.165, 1.54) is 5.39 Å². The number of rotatable bonds is 2. The summed E-state index contributed by atoms with van der Waals surface area (Å²) < 4.78 is 0. The Kier molecular flexibility index (Phi) is 4.35. The molecule has 0 fully saturated rings. The van der Waals surface area contributed by atoms with Gasteiger partial charge in [0.1, 0.15) is 0 Å². The average molecular weight is 319 g/mol. The molecule has 2 nitrogen and oxygen atoms in total. The molecule has 2 aromatic heterocycles. The SMILES string of the molecule is C(=C\c1cncc2ccccc12)/c1ccc2ccccc2n1.Cl. The van der Waals surface area contributed by atoms with Crippen LogP contribution in [-0.2, 0) is 0 Å². The molecular weight excluding hydrogens is 304 g/mol. The number of para-hydroxylation sites is 1. The van der Waals surface area contributed by atoms with Gasteiger partial charge >= 0.3 is 0 Å². The highest BCUT2D eigenvalue weighted by Gasteiger charge is 1.98. The first-order valence-corrected chi connectivity index (χ1v) is 7.27. The summed E-state index contributed by atoms with van der Waals surface area (Å²) in [4.78, 5) is 8.97. The van der Waals surface area contributed by atoms with Crippen LogP contribution in [0, 0.1) is 0 Å². The molecule has 0 saturated heterocycles. The number of benzene rings is 2.